The lowest BCUT2D eigenvalue weighted by atomic mass is 10.3. The number of benzene rings is 1. The zero-order chi connectivity index (χ0) is 13.8. The third-order valence-electron chi connectivity index (χ3n) is 2.35. The van der Waals surface area contributed by atoms with Gasteiger partial charge in [0.1, 0.15) is 10.6 Å². The van der Waals surface area contributed by atoms with Gasteiger partial charge in [-0.05, 0) is 25.5 Å². The second-order valence-corrected chi connectivity index (χ2v) is 7.29. The van der Waals surface area contributed by atoms with Gasteiger partial charge in [0.15, 0.2) is 0 Å². The summed E-state index contributed by atoms with van der Waals surface area (Å²) in [5, 5.41) is 9.51. The number of hydrogen-bond donors (Lipinski definition) is 2. The fourth-order valence-corrected chi connectivity index (χ4v) is 3.48. The highest BCUT2D eigenvalue weighted by Gasteiger charge is 2.20. The van der Waals surface area contributed by atoms with Crippen LogP contribution in [0.4, 0.5) is 0 Å². The Morgan fingerprint density at radius 2 is 2.00 bits per heavy atom. The molecular formula is C11H17NO4S2. The molecule has 0 bridgehead atoms. The van der Waals surface area contributed by atoms with E-state index in [9.17, 15) is 17.7 Å². The van der Waals surface area contributed by atoms with Gasteiger partial charge in [0.2, 0.25) is 10.0 Å². The Kier molecular flexibility index (Phi) is 5.30. The van der Waals surface area contributed by atoms with Gasteiger partial charge in [-0.1, -0.05) is 12.1 Å². The van der Waals surface area contributed by atoms with Gasteiger partial charge in [-0.2, -0.15) is 0 Å². The Morgan fingerprint density at radius 1 is 1.39 bits per heavy atom. The Balaban J connectivity index is 2.77. The summed E-state index contributed by atoms with van der Waals surface area (Å²) in [7, 11) is -4.68. The molecule has 0 radical (unpaired) electrons. The molecule has 0 aliphatic carbocycles. The van der Waals surface area contributed by atoms with Crippen LogP contribution in [-0.4, -0.2) is 35.8 Å². The minimum atomic E-state index is -3.74. The van der Waals surface area contributed by atoms with E-state index in [0.29, 0.717) is 12.2 Å². The van der Waals surface area contributed by atoms with Crippen LogP contribution < -0.4 is 4.72 Å². The van der Waals surface area contributed by atoms with Crippen LogP contribution in [0.5, 0.6) is 5.75 Å². The number of aromatic hydroxyl groups is 1. The SMILES string of the molecule is CC(CCS(C)=O)NS(=O)(=O)c1ccccc1O. The molecule has 7 heteroatoms. The topological polar surface area (TPSA) is 83.5 Å². The maximum atomic E-state index is 12.0. The smallest absolute Gasteiger partial charge is 0.244 e. The number of phenols is 1. The number of sulfonamides is 1. The van der Waals surface area contributed by atoms with Crippen molar-refractivity contribution < 1.29 is 17.7 Å². The van der Waals surface area contributed by atoms with Crippen molar-refractivity contribution in [3.05, 3.63) is 24.3 Å². The summed E-state index contributed by atoms with van der Waals surface area (Å²) in [5.41, 5.74) is 0. The number of phenolic OH excluding ortho intramolecular Hbond substituents is 1. The van der Waals surface area contributed by atoms with Crippen molar-refractivity contribution in [2.24, 2.45) is 0 Å². The van der Waals surface area contributed by atoms with Crippen LogP contribution in [0, 0.1) is 0 Å². The quantitative estimate of drug-likeness (QED) is 0.813. The monoisotopic (exact) mass is 291 g/mol. The molecule has 0 spiro atoms. The molecule has 0 fully saturated rings. The van der Waals surface area contributed by atoms with E-state index in [0.717, 1.165) is 0 Å². The molecule has 0 aromatic heterocycles. The van der Waals surface area contributed by atoms with Gasteiger partial charge in [0, 0.05) is 28.9 Å². The Labute approximate surface area is 110 Å². The van der Waals surface area contributed by atoms with Gasteiger partial charge in [-0.3, -0.25) is 4.21 Å². The maximum Gasteiger partial charge on any atom is 0.244 e. The van der Waals surface area contributed by atoms with Gasteiger partial charge in [-0.25, -0.2) is 13.1 Å². The van der Waals surface area contributed by atoms with Crippen LogP contribution in [-0.2, 0) is 20.8 Å². The lowest BCUT2D eigenvalue weighted by Crippen LogP contribution is -2.33. The molecule has 18 heavy (non-hydrogen) atoms. The first-order chi connectivity index (χ1) is 8.33. The second-order valence-electron chi connectivity index (χ2n) is 4.06. The molecule has 1 aromatic rings. The molecule has 2 N–H and O–H groups in total. The van der Waals surface area contributed by atoms with Crippen molar-refractivity contribution in [2.45, 2.75) is 24.3 Å². The predicted octanol–water partition coefficient (Wildman–Crippen LogP) is 0.828. The molecule has 0 aliphatic rings. The average Bonchev–Trinajstić information content (AvgIpc) is 2.26. The van der Waals surface area contributed by atoms with Crippen molar-refractivity contribution >= 4 is 20.8 Å². The molecule has 102 valence electrons. The van der Waals surface area contributed by atoms with E-state index in [-0.39, 0.29) is 16.7 Å². The second kappa shape index (κ2) is 6.31. The number of rotatable bonds is 6. The summed E-state index contributed by atoms with van der Waals surface area (Å²) >= 11 is 0. The fraction of sp³-hybridized carbons (Fsp3) is 0.455. The first-order valence-electron chi connectivity index (χ1n) is 5.43. The van der Waals surface area contributed by atoms with Gasteiger partial charge in [-0.15, -0.1) is 0 Å². The minimum Gasteiger partial charge on any atom is -0.507 e. The first kappa shape index (κ1) is 15.1. The first-order valence-corrected chi connectivity index (χ1v) is 8.64. The fourth-order valence-electron chi connectivity index (χ4n) is 1.41. The highest BCUT2D eigenvalue weighted by Crippen LogP contribution is 2.21. The van der Waals surface area contributed by atoms with Crippen molar-refractivity contribution in [1.82, 2.24) is 4.72 Å². The Bertz CT molecular complexity index is 528. The van der Waals surface area contributed by atoms with E-state index in [2.05, 4.69) is 4.72 Å². The molecule has 0 heterocycles. The van der Waals surface area contributed by atoms with Gasteiger partial charge < -0.3 is 5.11 Å². The third-order valence-corrected chi connectivity index (χ3v) is 4.80. The lowest BCUT2D eigenvalue weighted by Gasteiger charge is -2.14. The molecule has 5 nitrogen and oxygen atoms in total. The van der Waals surface area contributed by atoms with Crippen molar-refractivity contribution in [3.63, 3.8) is 0 Å². The van der Waals surface area contributed by atoms with E-state index in [4.69, 9.17) is 0 Å². The summed E-state index contributed by atoms with van der Waals surface area (Å²) in [5.74, 6) is 0.154. The summed E-state index contributed by atoms with van der Waals surface area (Å²) in [6.45, 7) is 1.70. The summed E-state index contributed by atoms with van der Waals surface area (Å²) in [6, 6.07) is 5.42. The van der Waals surface area contributed by atoms with E-state index in [1.54, 1.807) is 25.3 Å². The van der Waals surface area contributed by atoms with Crippen LogP contribution in [0.1, 0.15) is 13.3 Å². The van der Waals surface area contributed by atoms with Crippen molar-refractivity contribution in [2.75, 3.05) is 12.0 Å². The van der Waals surface area contributed by atoms with Crippen molar-refractivity contribution in [3.8, 4) is 5.75 Å². The summed E-state index contributed by atoms with van der Waals surface area (Å²) in [4.78, 5) is -0.144. The maximum absolute atomic E-state index is 12.0. The van der Waals surface area contributed by atoms with Gasteiger partial charge >= 0.3 is 0 Å². The van der Waals surface area contributed by atoms with E-state index >= 15 is 0 Å². The summed E-state index contributed by atoms with van der Waals surface area (Å²) < 4.78 is 37.3. The molecule has 0 saturated carbocycles. The number of nitrogens with one attached hydrogen (secondary N) is 1. The van der Waals surface area contributed by atoms with E-state index in [1.165, 1.54) is 12.1 Å². The highest BCUT2D eigenvalue weighted by atomic mass is 32.2. The third kappa shape index (κ3) is 4.40. The van der Waals surface area contributed by atoms with E-state index < -0.39 is 20.8 Å². The largest absolute Gasteiger partial charge is 0.507 e. The zero-order valence-electron chi connectivity index (χ0n) is 10.3. The number of para-hydroxylation sites is 1. The molecule has 0 aliphatic heterocycles. The molecule has 2 unspecified atom stereocenters. The molecule has 2 atom stereocenters. The standard InChI is InChI=1S/C11H17NO4S2/c1-9(7-8-17(2)14)12-18(15,16)11-6-4-3-5-10(11)13/h3-6,9,12-13H,7-8H2,1-2H3. The normalized spacial score (nSPS) is 15.2. The highest BCUT2D eigenvalue weighted by molar-refractivity contribution is 7.89. The van der Waals surface area contributed by atoms with Gasteiger partial charge in [0.05, 0.1) is 0 Å². The molecule has 0 amide bonds. The lowest BCUT2D eigenvalue weighted by molar-refractivity contribution is 0.457. The number of hydrogen-bond acceptors (Lipinski definition) is 4. The van der Waals surface area contributed by atoms with Crippen LogP contribution in [0.15, 0.2) is 29.2 Å². The average molecular weight is 291 g/mol. The molecular weight excluding hydrogens is 274 g/mol. The Hall–Kier alpha value is -0.920. The predicted molar refractivity (Wildman–Crippen MR) is 71.4 cm³/mol. The summed E-state index contributed by atoms with van der Waals surface area (Å²) in [6.07, 6.45) is 2.06. The van der Waals surface area contributed by atoms with Gasteiger partial charge in [0.25, 0.3) is 0 Å². The molecule has 1 rings (SSSR count). The van der Waals surface area contributed by atoms with Crippen LogP contribution in [0.3, 0.4) is 0 Å². The molecule has 0 saturated heterocycles. The molecule has 1 aromatic carbocycles. The van der Waals surface area contributed by atoms with Crippen LogP contribution in [0.25, 0.3) is 0 Å². The zero-order valence-corrected chi connectivity index (χ0v) is 11.9. The van der Waals surface area contributed by atoms with Crippen LogP contribution >= 0.6 is 0 Å². The Morgan fingerprint density at radius 3 is 2.56 bits per heavy atom. The minimum absolute atomic E-state index is 0.144. The van der Waals surface area contributed by atoms with Crippen LogP contribution in [0.2, 0.25) is 0 Å². The van der Waals surface area contributed by atoms with Crippen molar-refractivity contribution in [1.29, 1.82) is 0 Å². The van der Waals surface area contributed by atoms with E-state index in [1.807, 2.05) is 0 Å².